The summed E-state index contributed by atoms with van der Waals surface area (Å²) in [6.07, 6.45) is 5.25. The normalized spacial score (nSPS) is 23.9. The van der Waals surface area contributed by atoms with E-state index in [1.165, 1.54) is 0 Å². The van der Waals surface area contributed by atoms with Gasteiger partial charge in [0.05, 0.1) is 17.9 Å². The topological polar surface area (TPSA) is 62.5 Å². The number of carbonyl (C=O) groups excluding carboxylic acids is 1. The summed E-state index contributed by atoms with van der Waals surface area (Å²) in [4.78, 5) is 12.0. The summed E-state index contributed by atoms with van der Waals surface area (Å²) in [6, 6.07) is 3.37. The summed E-state index contributed by atoms with van der Waals surface area (Å²) in [5.74, 6) is 1.67. The van der Waals surface area contributed by atoms with Crippen LogP contribution >= 0.6 is 11.8 Å². The minimum absolute atomic E-state index is 0.139. The molecule has 1 aliphatic carbocycles. The van der Waals surface area contributed by atoms with Crippen molar-refractivity contribution in [3.8, 4) is 0 Å². The Kier molecular flexibility index (Phi) is 4.72. The third kappa shape index (κ3) is 3.29. The molecule has 1 saturated carbocycles. The van der Waals surface area contributed by atoms with Crippen LogP contribution < -0.4 is 5.32 Å². The Hall–Kier alpha value is -0.940. The lowest BCUT2D eigenvalue weighted by molar-refractivity contribution is 0.0697. The Morgan fingerprint density at radius 3 is 3.00 bits per heavy atom. The van der Waals surface area contributed by atoms with Crippen molar-refractivity contribution in [3.05, 3.63) is 23.7 Å². The smallest absolute Gasteiger partial charge is 0.287 e. The zero-order valence-electron chi connectivity index (χ0n) is 10.5. The molecule has 0 aliphatic heterocycles. The van der Waals surface area contributed by atoms with E-state index >= 15 is 0 Å². The molecule has 0 radical (unpaired) electrons. The standard InChI is InChI=1S/C13H19NO3S/c1-18-8-9-6-7-12(17-9)13(16)14-10-4-2-3-5-11(10)15/h6-7,10-11,15H,2-5,8H2,1H3,(H,14,16)/t10-,11-/m1/s1. The van der Waals surface area contributed by atoms with Crippen molar-refractivity contribution in [2.75, 3.05) is 6.26 Å². The van der Waals surface area contributed by atoms with Gasteiger partial charge in [-0.05, 0) is 31.2 Å². The second kappa shape index (κ2) is 6.29. The summed E-state index contributed by atoms with van der Waals surface area (Å²) in [7, 11) is 0. The van der Waals surface area contributed by atoms with E-state index in [9.17, 15) is 9.90 Å². The predicted molar refractivity (Wildman–Crippen MR) is 71.7 cm³/mol. The van der Waals surface area contributed by atoms with Crippen LogP contribution in [0.4, 0.5) is 0 Å². The van der Waals surface area contributed by atoms with E-state index in [1.807, 2.05) is 12.3 Å². The molecule has 1 fully saturated rings. The molecule has 1 aromatic rings. The molecule has 100 valence electrons. The van der Waals surface area contributed by atoms with Crippen LogP contribution in [0.15, 0.2) is 16.5 Å². The van der Waals surface area contributed by atoms with E-state index in [0.717, 1.165) is 37.2 Å². The first kappa shape index (κ1) is 13.5. The number of carbonyl (C=O) groups is 1. The van der Waals surface area contributed by atoms with Crippen molar-refractivity contribution in [2.45, 2.75) is 43.6 Å². The van der Waals surface area contributed by atoms with Crippen LogP contribution in [0.3, 0.4) is 0 Å². The molecule has 0 bridgehead atoms. The van der Waals surface area contributed by atoms with Gasteiger partial charge in [-0.25, -0.2) is 0 Å². The highest BCUT2D eigenvalue weighted by Gasteiger charge is 2.25. The van der Waals surface area contributed by atoms with Crippen molar-refractivity contribution in [1.82, 2.24) is 5.32 Å². The van der Waals surface area contributed by atoms with Gasteiger partial charge in [-0.1, -0.05) is 12.8 Å². The molecular formula is C13H19NO3S. The Balaban J connectivity index is 1.93. The van der Waals surface area contributed by atoms with Crippen LogP contribution in [0.2, 0.25) is 0 Å². The quantitative estimate of drug-likeness (QED) is 0.879. The maximum atomic E-state index is 12.0. The second-order valence-corrected chi connectivity index (χ2v) is 5.50. The lowest BCUT2D eigenvalue weighted by Crippen LogP contribution is -2.44. The van der Waals surface area contributed by atoms with Gasteiger partial charge in [-0.15, -0.1) is 0 Å². The van der Waals surface area contributed by atoms with Gasteiger partial charge >= 0.3 is 0 Å². The van der Waals surface area contributed by atoms with E-state index < -0.39 is 6.10 Å². The SMILES string of the molecule is CSCc1ccc(C(=O)N[C@@H]2CCCC[C@H]2O)o1. The maximum Gasteiger partial charge on any atom is 0.287 e. The Labute approximate surface area is 111 Å². The molecule has 2 N–H and O–H groups in total. The number of aliphatic hydroxyl groups is 1. The molecule has 1 aliphatic rings. The summed E-state index contributed by atoms with van der Waals surface area (Å²) in [6.45, 7) is 0. The monoisotopic (exact) mass is 269 g/mol. The molecule has 1 heterocycles. The minimum Gasteiger partial charge on any atom is -0.455 e. The minimum atomic E-state index is -0.427. The van der Waals surface area contributed by atoms with Crippen LogP contribution in [0.25, 0.3) is 0 Å². The van der Waals surface area contributed by atoms with Crippen LogP contribution in [-0.2, 0) is 5.75 Å². The fourth-order valence-electron chi connectivity index (χ4n) is 2.24. The summed E-state index contributed by atoms with van der Waals surface area (Å²) in [5, 5.41) is 12.7. The summed E-state index contributed by atoms with van der Waals surface area (Å²) >= 11 is 1.65. The third-order valence-corrected chi connectivity index (χ3v) is 3.79. The van der Waals surface area contributed by atoms with Crippen LogP contribution in [0, 0.1) is 0 Å². The Morgan fingerprint density at radius 1 is 1.50 bits per heavy atom. The lowest BCUT2D eigenvalue weighted by atomic mass is 9.92. The molecule has 0 spiro atoms. The maximum absolute atomic E-state index is 12.0. The first-order valence-electron chi connectivity index (χ1n) is 6.27. The number of aliphatic hydroxyl groups excluding tert-OH is 1. The summed E-state index contributed by atoms with van der Waals surface area (Å²) in [5.41, 5.74) is 0. The van der Waals surface area contributed by atoms with Gasteiger partial charge in [0.2, 0.25) is 0 Å². The average Bonchev–Trinajstić information content (AvgIpc) is 2.81. The number of hydrogen-bond donors (Lipinski definition) is 2. The predicted octanol–water partition coefficient (Wildman–Crippen LogP) is 2.18. The fraction of sp³-hybridized carbons (Fsp3) is 0.615. The number of nitrogens with one attached hydrogen (secondary N) is 1. The Morgan fingerprint density at radius 2 is 2.28 bits per heavy atom. The lowest BCUT2D eigenvalue weighted by Gasteiger charge is -2.27. The van der Waals surface area contributed by atoms with E-state index in [0.29, 0.717) is 5.76 Å². The molecule has 1 aromatic heterocycles. The highest BCUT2D eigenvalue weighted by Crippen LogP contribution is 2.19. The first-order chi connectivity index (χ1) is 8.70. The first-order valence-corrected chi connectivity index (χ1v) is 7.66. The molecule has 4 nitrogen and oxygen atoms in total. The number of furan rings is 1. The Bertz CT molecular complexity index is 405. The molecule has 0 unspecified atom stereocenters. The fourth-order valence-corrected chi connectivity index (χ4v) is 2.68. The van der Waals surface area contributed by atoms with E-state index in [-0.39, 0.29) is 11.9 Å². The molecule has 0 aromatic carbocycles. The van der Waals surface area contributed by atoms with Crippen LogP contribution in [0.1, 0.15) is 42.0 Å². The van der Waals surface area contributed by atoms with Gasteiger partial charge in [-0.3, -0.25) is 4.79 Å². The molecule has 2 rings (SSSR count). The number of amides is 1. The van der Waals surface area contributed by atoms with Gasteiger partial charge in [0.1, 0.15) is 5.76 Å². The third-order valence-electron chi connectivity index (χ3n) is 3.22. The molecule has 18 heavy (non-hydrogen) atoms. The summed E-state index contributed by atoms with van der Waals surface area (Å²) < 4.78 is 5.45. The van der Waals surface area contributed by atoms with Crippen LogP contribution in [-0.4, -0.2) is 29.4 Å². The van der Waals surface area contributed by atoms with Crippen molar-refractivity contribution in [2.24, 2.45) is 0 Å². The largest absolute Gasteiger partial charge is 0.455 e. The van der Waals surface area contributed by atoms with Gasteiger partial charge in [0, 0.05) is 0 Å². The van der Waals surface area contributed by atoms with Crippen molar-refractivity contribution >= 4 is 17.7 Å². The van der Waals surface area contributed by atoms with Crippen LogP contribution in [0.5, 0.6) is 0 Å². The highest BCUT2D eigenvalue weighted by molar-refractivity contribution is 7.97. The molecular weight excluding hydrogens is 250 g/mol. The van der Waals surface area contributed by atoms with E-state index in [4.69, 9.17) is 4.42 Å². The van der Waals surface area contributed by atoms with Gasteiger partial charge in [0.25, 0.3) is 5.91 Å². The molecule has 1 amide bonds. The highest BCUT2D eigenvalue weighted by atomic mass is 32.2. The van der Waals surface area contributed by atoms with Crippen molar-refractivity contribution in [3.63, 3.8) is 0 Å². The number of hydrogen-bond acceptors (Lipinski definition) is 4. The van der Waals surface area contributed by atoms with Gasteiger partial charge in [-0.2, -0.15) is 11.8 Å². The zero-order valence-corrected chi connectivity index (χ0v) is 11.3. The molecule has 2 atom stereocenters. The molecule has 0 saturated heterocycles. The second-order valence-electron chi connectivity index (χ2n) is 4.63. The number of rotatable bonds is 4. The van der Waals surface area contributed by atoms with Crippen molar-refractivity contribution in [1.29, 1.82) is 0 Å². The van der Waals surface area contributed by atoms with Gasteiger partial charge in [0.15, 0.2) is 5.76 Å². The van der Waals surface area contributed by atoms with Crippen molar-refractivity contribution < 1.29 is 14.3 Å². The zero-order chi connectivity index (χ0) is 13.0. The average molecular weight is 269 g/mol. The molecule has 5 heteroatoms. The number of thioether (sulfide) groups is 1. The van der Waals surface area contributed by atoms with Gasteiger partial charge < -0.3 is 14.8 Å². The van der Waals surface area contributed by atoms with E-state index in [1.54, 1.807) is 17.8 Å². The van der Waals surface area contributed by atoms with E-state index in [2.05, 4.69) is 5.32 Å².